The van der Waals surface area contributed by atoms with Crippen LogP contribution in [0, 0.1) is 0 Å². The van der Waals surface area contributed by atoms with Crippen LogP contribution in [0.4, 0.5) is 5.69 Å². The maximum Gasteiger partial charge on any atom is 0.258 e. The van der Waals surface area contributed by atoms with Gasteiger partial charge in [-0.15, -0.1) is 0 Å². The van der Waals surface area contributed by atoms with Crippen molar-refractivity contribution in [3.8, 4) is 23.0 Å². The van der Waals surface area contributed by atoms with Gasteiger partial charge >= 0.3 is 0 Å². The Balaban J connectivity index is 1.43. The van der Waals surface area contributed by atoms with Crippen LogP contribution in [0.15, 0.2) is 63.7 Å². The lowest BCUT2D eigenvalue weighted by Gasteiger charge is -2.10. The van der Waals surface area contributed by atoms with Crippen molar-refractivity contribution in [1.82, 2.24) is 15.1 Å². The molecule has 0 aliphatic carbocycles. The van der Waals surface area contributed by atoms with Crippen molar-refractivity contribution in [3.63, 3.8) is 0 Å². The monoisotopic (exact) mass is 464 g/mol. The molecule has 4 aromatic rings. The van der Waals surface area contributed by atoms with E-state index in [1.165, 1.54) is 0 Å². The fourth-order valence-electron chi connectivity index (χ4n) is 3.49. The number of rotatable bonds is 4. The van der Waals surface area contributed by atoms with Crippen molar-refractivity contribution >= 4 is 38.3 Å². The van der Waals surface area contributed by atoms with Crippen LogP contribution in [0.5, 0.6) is 0 Å². The van der Waals surface area contributed by atoms with Crippen molar-refractivity contribution in [1.29, 1.82) is 0 Å². The molecule has 5 rings (SSSR count). The molecule has 0 radical (unpaired) electrons. The van der Waals surface area contributed by atoms with Crippen LogP contribution < -0.4 is 5.32 Å². The van der Waals surface area contributed by atoms with Gasteiger partial charge in [-0.3, -0.25) is 9.78 Å². The van der Waals surface area contributed by atoms with Crippen molar-refractivity contribution in [3.05, 3.63) is 59.2 Å². The first kappa shape index (κ1) is 18.9. The number of carbonyl (C=O) groups excluding carboxylic acids is 1. The quantitative estimate of drug-likeness (QED) is 0.464. The van der Waals surface area contributed by atoms with Gasteiger partial charge in [0.05, 0.1) is 0 Å². The molecule has 1 saturated heterocycles. The Bertz CT molecular complexity index is 1230. The maximum absolute atomic E-state index is 12.3. The van der Waals surface area contributed by atoms with Crippen LogP contribution in [-0.2, 0) is 9.53 Å². The summed E-state index contributed by atoms with van der Waals surface area (Å²) in [5.74, 6) is 0.621. The van der Waals surface area contributed by atoms with Crippen LogP contribution in [0.25, 0.3) is 33.7 Å². The third-order valence-corrected chi connectivity index (χ3v) is 5.46. The lowest BCUT2D eigenvalue weighted by atomic mass is 10.1. The highest BCUT2D eigenvalue weighted by Gasteiger charge is 2.23. The largest absolute Gasteiger partial charge is 0.368 e. The Morgan fingerprint density at radius 1 is 1.17 bits per heavy atom. The van der Waals surface area contributed by atoms with Gasteiger partial charge in [-0.2, -0.15) is 4.98 Å². The molecule has 2 aromatic heterocycles. The van der Waals surface area contributed by atoms with E-state index in [1.807, 2.05) is 42.5 Å². The fraction of sp³-hybridized carbons (Fsp3) is 0.182. The number of pyridine rings is 1. The topological polar surface area (TPSA) is 90.1 Å². The second-order valence-electron chi connectivity index (χ2n) is 7.02. The Kier molecular flexibility index (Phi) is 5.02. The third-order valence-electron chi connectivity index (χ3n) is 4.97. The normalized spacial score (nSPS) is 16.1. The summed E-state index contributed by atoms with van der Waals surface area (Å²) in [5, 5.41) is 8.98. The van der Waals surface area contributed by atoms with E-state index in [0.29, 0.717) is 35.3 Å². The minimum Gasteiger partial charge on any atom is -0.368 e. The van der Waals surface area contributed by atoms with E-state index in [4.69, 9.17) is 9.26 Å². The molecular formula is C22H17BrN4O3. The molecule has 0 spiro atoms. The summed E-state index contributed by atoms with van der Waals surface area (Å²) in [6, 6.07) is 15.2. The Morgan fingerprint density at radius 3 is 2.97 bits per heavy atom. The number of halogens is 1. The summed E-state index contributed by atoms with van der Waals surface area (Å²) in [4.78, 5) is 21.3. The summed E-state index contributed by atoms with van der Waals surface area (Å²) in [7, 11) is 0. The molecule has 1 unspecified atom stereocenters. The van der Waals surface area contributed by atoms with E-state index < -0.39 is 0 Å². The molecule has 150 valence electrons. The average Bonchev–Trinajstić information content (AvgIpc) is 3.46. The molecule has 1 N–H and O–H groups in total. The molecule has 0 saturated carbocycles. The first-order valence-corrected chi connectivity index (χ1v) is 10.4. The number of nitrogens with zero attached hydrogens (tertiary/aromatic N) is 3. The van der Waals surface area contributed by atoms with Gasteiger partial charge in [0.25, 0.3) is 11.8 Å². The Hall–Kier alpha value is -3.10. The molecule has 8 heteroatoms. The lowest BCUT2D eigenvalue weighted by molar-refractivity contribution is -0.124. The number of carbonyl (C=O) groups is 1. The SMILES string of the molecule is O=C(Nc1cccc(-c2nc(-c3nccc4ccc(Br)cc34)no2)c1)C1CCCO1. The molecular weight excluding hydrogens is 448 g/mol. The molecule has 2 aromatic carbocycles. The molecule has 30 heavy (non-hydrogen) atoms. The summed E-state index contributed by atoms with van der Waals surface area (Å²) in [5.41, 5.74) is 2.01. The second kappa shape index (κ2) is 7.97. The first-order valence-electron chi connectivity index (χ1n) is 9.59. The first-order chi connectivity index (χ1) is 14.7. The fourth-order valence-corrected chi connectivity index (χ4v) is 3.85. The zero-order valence-electron chi connectivity index (χ0n) is 15.8. The number of anilines is 1. The number of nitrogens with one attached hydrogen (secondary N) is 1. The van der Waals surface area contributed by atoms with Gasteiger partial charge in [-0.25, -0.2) is 0 Å². The molecule has 1 amide bonds. The molecule has 3 heterocycles. The van der Waals surface area contributed by atoms with Crippen LogP contribution in [0.3, 0.4) is 0 Å². The smallest absolute Gasteiger partial charge is 0.258 e. The number of amides is 1. The summed E-state index contributed by atoms with van der Waals surface area (Å²) in [6.07, 6.45) is 2.98. The number of aromatic nitrogens is 3. The summed E-state index contributed by atoms with van der Waals surface area (Å²) < 4.78 is 11.9. The molecule has 0 bridgehead atoms. The minimum atomic E-state index is -0.388. The highest BCUT2D eigenvalue weighted by atomic mass is 79.9. The number of benzene rings is 2. The van der Waals surface area contributed by atoms with Crippen LogP contribution in [0.2, 0.25) is 0 Å². The summed E-state index contributed by atoms with van der Waals surface area (Å²) in [6.45, 7) is 0.627. The highest BCUT2D eigenvalue weighted by molar-refractivity contribution is 9.10. The standard InChI is InChI=1S/C22H17BrN4O3/c23-15-7-6-13-8-9-24-19(17(13)12-15)20-26-22(30-27-20)14-3-1-4-16(11-14)25-21(28)18-5-2-10-29-18/h1,3-4,6-9,11-12,18H,2,5,10H2,(H,25,28). The predicted octanol–water partition coefficient (Wildman–Crippen LogP) is 4.83. The van der Waals surface area contributed by atoms with E-state index in [-0.39, 0.29) is 12.0 Å². The minimum absolute atomic E-state index is 0.138. The zero-order valence-corrected chi connectivity index (χ0v) is 17.4. The Morgan fingerprint density at radius 2 is 2.10 bits per heavy atom. The average molecular weight is 465 g/mol. The van der Waals surface area contributed by atoms with Crippen molar-refractivity contribution < 1.29 is 14.1 Å². The van der Waals surface area contributed by atoms with Gasteiger partial charge in [0.2, 0.25) is 5.82 Å². The van der Waals surface area contributed by atoms with Gasteiger partial charge < -0.3 is 14.6 Å². The third kappa shape index (κ3) is 3.71. The highest BCUT2D eigenvalue weighted by Crippen LogP contribution is 2.29. The second-order valence-corrected chi connectivity index (χ2v) is 7.94. The summed E-state index contributed by atoms with van der Waals surface area (Å²) >= 11 is 3.50. The number of hydrogen-bond donors (Lipinski definition) is 1. The van der Waals surface area contributed by atoms with E-state index in [2.05, 4.69) is 36.4 Å². The molecule has 1 atom stereocenters. The van der Waals surface area contributed by atoms with E-state index in [1.54, 1.807) is 12.3 Å². The maximum atomic E-state index is 12.3. The van der Waals surface area contributed by atoms with E-state index in [9.17, 15) is 4.79 Å². The Labute approximate surface area is 180 Å². The number of hydrogen-bond acceptors (Lipinski definition) is 6. The predicted molar refractivity (Wildman–Crippen MR) is 116 cm³/mol. The lowest BCUT2D eigenvalue weighted by Crippen LogP contribution is -2.26. The molecule has 1 aliphatic rings. The van der Waals surface area contributed by atoms with Gasteiger partial charge in [-0.1, -0.05) is 33.2 Å². The van der Waals surface area contributed by atoms with Crippen molar-refractivity contribution in [2.45, 2.75) is 18.9 Å². The van der Waals surface area contributed by atoms with Gasteiger partial charge in [-0.05, 0) is 54.6 Å². The van der Waals surface area contributed by atoms with Crippen molar-refractivity contribution in [2.75, 3.05) is 11.9 Å². The van der Waals surface area contributed by atoms with Gasteiger partial charge in [0.15, 0.2) is 0 Å². The van der Waals surface area contributed by atoms with E-state index in [0.717, 1.165) is 28.1 Å². The number of fused-ring (bicyclic) bond motifs is 1. The van der Waals surface area contributed by atoms with Crippen molar-refractivity contribution in [2.24, 2.45) is 0 Å². The van der Waals surface area contributed by atoms with Crippen LogP contribution in [0.1, 0.15) is 12.8 Å². The molecule has 7 nitrogen and oxygen atoms in total. The van der Waals surface area contributed by atoms with Crippen LogP contribution >= 0.6 is 15.9 Å². The van der Waals surface area contributed by atoms with Gasteiger partial charge in [0.1, 0.15) is 11.8 Å². The number of ether oxygens (including phenoxy) is 1. The zero-order chi connectivity index (χ0) is 20.5. The van der Waals surface area contributed by atoms with Gasteiger partial charge in [0, 0.05) is 33.9 Å². The molecule has 1 aliphatic heterocycles. The van der Waals surface area contributed by atoms with Crippen LogP contribution in [-0.4, -0.2) is 33.7 Å². The van der Waals surface area contributed by atoms with E-state index >= 15 is 0 Å². The molecule has 1 fully saturated rings.